The van der Waals surface area contributed by atoms with Gasteiger partial charge in [-0.05, 0) is 21.3 Å². The topological polar surface area (TPSA) is 40.9 Å². The maximum atomic E-state index is 12.1. The van der Waals surface area contributed by atoms with Gasteiger partial charge in [-0.1, -0.05) is 51.1 Å². The molecule has 1 aromatic carbocycles. The van der Waals surface area contributed by atoms with Gasteiger partial charge in [-0.3, -0.25) is 4.79 Å². The molecule has 0 saturated carbocycles. The third-order valence-electron chi connectivity index (χ3n) is 2.32. The highest BCUT2D eigenvalue weighted by Crippen LogP contribution is 2.31. The molecule has 0 fully saturated rings. The van der Waals surface area contributed by atoms with Gasteiger partial charge in [0.15, 0.2) is 0 Å². The predicted octanol–water partition coefficient (Wildman–Crippen LogP) is 4.09. The van der Waals surface area contributed by atoms with Crippen LogP contribution in [0.25, 0.3) is 0 Å². The highest BCUT2D eigenvalue weighted by Gasteiger charge is 2.24. The average Bonchev–Trinajstić information content (AvgIpc) is 2.28. The van der Waals surface area contributed by atoms with Crippen molar-refractivity contribution in [2.24, 2.45) is 5.41 Å². The van der Waals surface area contributed by atoms with Crippen molar-refractivity contribution in [3.63, 3.8) is 0 Å². The molecule has 1 aromatic rings. The Bertz CT molecular complexity index is 489. The molecule has 0 radical (unpaired) electrons. The van der Waals surface area contributed by atoms with Crippen molar-refractivity contribution < 1.29 is 4.79 Å². The number of benzene rings is 1. The molecule has 0 saturated heterocycles. The first-order valence-corrected chi connectivity index (χ1v) is 6.07. The van der Waals surface area contributed by atoms with Crippen LogP contribution in [0.15, 0.2) is 40.4 Å². The predicted molar refractivity (Wildman–Crippen MR) is 71.8 cm³/mol. The van der Waals surface area contributed by atoms with Gasteiger partial charge in [-0.2, -0.15) is 5.26 Å². The fourth-order valence-electron chi connectivity index (χ4n) is 1.38. The summed E-state index contributed by atoms with van der Waals surface area (Å²) >= 11 is 3.25. The van der Waals surface area contributed by atoms with E-state index in [0.29, 0.717) is 15.6 Å². The lowest BCUT2D eigenvalue weighted by Crippen LogP contribution is -2.13. The Morgan fingerprint density at radius 2 is 1.76 bits per heavy atom. The van der Waals surface area contributed by atoms with E-state index in [4.69, 9.17) is 5.26 Å². The first-order chi connectivity index (χ1) is 7.88. The van der Waals surface area contributed by atoms with E-state index in [-0.39, 0.29) is 11.2 Å². The summed E-state index contributed by atoms with van der Waals surface area (Å²) in [6.07, 6.45) is 0. The third-order valence-corrected chi connectivity index (χ3v) is 3.07. The molecule has 2 nitrogen and oxygen atoms in total. The summed E-state index contributed by atoms with van der Waals surface area (Å²) < 4.78 is 0.346. The fourth-order valence-corrected chi connectivity index (χ4v) is 2.29. The third kappa shape index (κ3) is 3.28. The molecule has 0 unspecified atom stereocenters. The number of carbonyl (C=O) groups is 1. The minimum atomic E-state index is -0.349. The second-order valence-electron chi connectivity index (χ2n) is 4.75. The molecular formula is C14H14BrNO. The van der Waals surface area contributed by atoms with Crippen LogP contribution < -0.4 is 0 Å². The second kappa shape index (κ2) is 5.29. The highest BCUT2D eigenvalue weighted by atomic mass is 79.9. The number of hydrogen-bond donors (Lipinski definition) is 0. The summed E-state index contributed by atoms with van der Waals surface area (Å²) in [5.74, 6) is -0.155. The zero-order chi connectivity index (χ0) is 13.1. The van der Waals surface area contributed by atoms with Crippen LogP contribution in [0.1, 0.15) is 31.1 Å². The summed E-state index contributed by atoms with van der Waals surface area (Å²) in [7, 11) is 0. The first kappa shape index (κ1) is 13.7. The van der Waals surface area contributed by atoms with Gasteiger partial charge < -0.3 is 0 Å². The molecule has 0 bridgehead atoms. The van der Waals surface area contributed by atoms with E-state index in [9.17, 15) is 4.79 Å². The van der Waals surface area contributed by atoms with Crippen LogP contribution in [-0.2, 0) is 0 Å². The number of ketones is 1. The van der Waals surface area contributed by atoms with Crippen LogP contribution in [0.3, 0.4) is 0 Å². The standard InChI is InChI=1S/C14H14BrNO/c1-14(2,3)11(9-16)12(15)13(17)10-7-5-4-6-8-10/h4-8H,1-3H3/b12-11-. The second-order valence-corrected chi connectivity index (χ2v) is 5.54. The lowest BCUT2D eigenvalue weighted by atomic mass is 9.86. The Labute approximate surface area is 110 Å². The monoisotopic (exact) mass is 291 g/mol. The molecule has 88 valence electrons. The number of nitrogens with zero attached hydrogens (tertiary/aromatic N) is 1. The van der Waals surface area contributed by atoms with E-state index in [0.717, 1.165) is 0 Å². The van der Waals surface area contributed by atoms with Crippen molar-refractivity contribution >= 4 is 21.7 Å². The van der Waals surface area contributed by atoms with Crippen molar-refractivity contribution in [1.82, 2.24) is 0 Å². The van der Waals surface area contributed by atoms with E-state index in [2.05, 4.69) is 22.0 Å². The highest BCUT2D eigenvalue weighted by molar-refractivity contribution is 9.12. The molecule has 0 atom stereocenters. The van der Waals surface area contributed by atoms with Crippen molar-refractivity contribution in [2.45, 2.75) is 20.8 Å². The smallest absolute Gasteiger partial charge is 0.200 e. The Hall–Kier alpha value is -1.40. The van der Waals surface area contributed by atoms with Crippen molar-refractivity contribution in [1.29, 1.82) is 5.26 Å². The quantitative estimate of drug-likeness (QED) is 0.468. The van der Waals surface area contributed by atoms with E-state index in [1.54, 1.807) is 24.3 Å². The SMILES string of the molecule is CC(C)(C)/C(C#N)=C(\Br)C(=O)c1ccccc1. The number of rotatable bonds is 2. The maximum Gasteiger partial charge on any atom is 0.200 e. The van der Waals surface area contributed by atoms with Crippen LogP contribution in [-0.4, -0.2) is 5.78 Å². The summed E-state index contributed by atoms with van der Waals surface area (Å²) in [5.41, 5.74) is 0.695. The number of hydrogen-bond acceptors (Lipinski definition) is 2. The fraction of sp³-hybridized carbons (Fsp3) is 0.286. The molecule has 0 aliphatic heterocycles. The van der Waals surface area contributed by atoms with E-state index in [1.807, 2.05) is 26.8 Å². The maximum absolute atomic E-state index is 12.1. The van der Waals surface area contributed by atoms with Crippen molar-refractivity contribution in [3.05, 3.63) is 46.0 Å². The molecule has 0 heterocycles. The van der Waals surface area contributed by atoms with Gasteiger partial charge in [0.1, 0.15) is 0 Å². The lowest BCUT2D eigenvalue weighted by Gasteiger charge is -2.18. The Kier molecular flexibility index (Phi) is 4.25. The minimum absolute atomic E-state index is 0.155. The van der Waals surface area contributed by atoms with Gasteiger partial charge in [-0.15, -0.1) is 0 Å². The number of allylic oxidation sites excluding steroid dienone is 2. The Morgan fingerprint density at radius 3 is 2.18 bits per heavy atom. The van der Waals surface area contributed by atoms with Gasteiger partial charge in [-0.25, -0.2) is 0 Å². The van der Waals surface area contributed by atoms with Crippen LogP contribution in [0, 0.1) is 16.7 Å². The largest absolute Gasteiger partial charge is 0.288 e. The molecule has 0 aliphatic rings. The molecule has 3 heteroatoms. The number of nitriles is 1. The van der Waals surface area contributed by atoms with Crippen LogP contribution in [0.2, 0.25) is 0 Å². The van der Waals surface area contributed by atoms with Gasteiger partial charge in [0.05, 0.1) is 16.1 Å². The average molecular weight is 292 g/mol. The molecule has 17 heavy (non-hydrogen) atoms. The summed E-state index contributed by atoms with van der Waals surface area (Å²) in [6.45, 7) is 5.72. The molecule has 0 N–H and O–H groups in total. The van der Waals surface area contributed by atoms with Crippen LogP contribution in [0.4, 0.5) is 0 Å². The van der Waals surface area contributed by atoms with Gasteiger partial charge in [0.25, 0.3) is 0 Å². The molecule has 0 amide bonds. The molecule has 0 aromatic heterocycles. The summed E-state index contributed by atoms with van der Waals surface area (Å²) in [5, 5.41) is 9.14. The van der Waals surface area contributed by atoms with Crippen LogP contribution >= 0.6 is 15.9 Å². The lowest BCUT2D eigenvalue weighted by molar-refractivity contribution is 0.104. The Morgan fingerprint density at radius 1 is 1.24 bits per heavy atom. The van der Waals surface area contributed by atoms with Crippen LogP contribution in [0.5, 0.6) is 0 Å². The van der Waals surface area contributed by atoms with Crippen molar-refractivity contribution in [2.75, 3.05) is 0 Å². The number of Topliss-reactive ketones (excluding diaryl/α,β-unsaturated/α-hetero) is 1. The number of carbonyl (C=O) groups excluding carboxylic acids is 1. The van der Waals surface area contributed by atoms with E-state index < -0.39 is 0 Å². The van der Waals surface area contributed by atoms with Gasteiger partial charge in [0.2, 0.25) is 5.78 Å². The van der Waals surface area contributed by atoms with Gasteiger partial charge in [0, 0.05) is 5.56 Å². The summed E-state index contributed by atoms with van der Waals surface area (Å²) in [6, 6.07) is 11.0. The summed E-state index contributed by atoms with van der Waals surface area (Å²) in [4.78, 5) is 12.1. The van der Waals surface area contributed by atoms with Gasteiger partial charge >= 0.3 is 0 Å². The molecular weight excluding hydrogens is 278 g/mol. The first-order valence-electron chi connectivity index (χ1n) is 5.28. The normalized spacial score (nSPS) is 12.6. The molecule has 0 aliphatic carbocycles. The molecule has 1 rings (SSSR count). The molecule has 0 spiro atoms. The zero-order valence-electron chi connectivity index (χ0n) is 10.1. The van der Waals surface area contributed by atoms with Crippen molar-refractivity contribution in [3.8, 4) is 6.07 Å². The minimum Gasteiger partial charge on any atom is -0.288 e. The van der Waals surface area contributed by atoms with E-state index in [1.165, 1.54) is 0 Å². The zero-order valence-corrected chi connectivity index (χ0v) is 11.7. The van der Waals surface area contributed by atoms with E-state index >= 15 is 0 Å². The number of halogens is 1. The Balaban J connectivity index is 3.22.